The molecule has 3 unspecified atom stereocenters. The third-order valence-electron chi connectivity index (χ3n) is 2.82. The summed E-state index contributed by atoms with van der Waals surface area (Å²) < 4.78 is 11.6. The predicted octanol–water partition coefficient (Wildman–Crippen LogP) is 3.50. The van der Waals surface area contributed by atoms with E-state index < -0.39 is 0 Å². The first-order valence-electron chi connectivity index (χ1n) is 6.07. The van der Waals surface area contributed by atoms with Crippen LogP contribution in [0.15, 0.2) is 0 Å². The van der Waals surface area contributed by atoms with Gasteiger partial charge < -0.3 is 9.47 Å². The average Bonchev–Trinajstić information content (AvgIpc) is 2.17. The van der Waals surface area contributed by atoms with Crippen molar-refractivity contribution in [2.45, 2.75) is 77.8 Å². The Kier molecular flexibility index (Phi) is 5.49. The molecule has 0 spiro atoms. The lowest BCUT2D eigenvalue weighted by atomic mass is 10.1. The molecule has 2 nitrogen and oxygen atoms in total. The zero-order chi connectivity index (χ0) is 10.4. The topological polar surface area (TPSA) is 18.5 Å². The van der Waals surface area contributed by atoms with Crippen LogP contribution in [0, 0.1) is 0 Å². The molecule has 0 radical (unpaired) electrons. The van der Waals surface area contributed by atoms with Crippen molar-refractivity contribution in [3.05, 3.63) is 0 Å². The summed E-state index contributed by atoms with van der Waals surface area (Å²) in [6, 6.07) is 0. The van der Waals surface area contributed by atoms with Crippen molar-refractivity contribution in [3.63, 3.8) is 0 Å². The van der Waals surface area contributed by atoms with Gasteiger partial charge in [0.05, 0.1) is 12.2 Å². The molecule has 84 valence electrons. The number of rotatable bonds is 5. The maximum atomic E-state index is 5.83. The quantitative estimate of drug-likeness (QED) is 0.632. The Hall–Kier alpha value is -0.0800. The Morgan fingerprint density at radius 3 is 2.57 bits per heavy atom. The highest BCUT2D eigenvalue weighted by atomic mass is 16.7. The van der Waals surface area contributed by atoms with Crippen molar-refractivity contribution in [2.24, 2.45) is 0 Å². The first-order chi connectivity index (χ1) is 6.76. The number of ether oxygens (including phenoxy) is 2. The van der Waals surface area contributed by atoms with Crippen LogP contribution in [0.5, 0.6) is 0 Å². The summed E-state index contributed by atoms with van der Waals surface area (Å²) >= 11 is 0. The Morgan fingerprint density at radius 2 is 1.93 bits per heavy atom. The minimum absolute atomic E-state index is 0.0650. The fourth-order valence-electron chi connectivity index (χ4n) is 1.95. The van der Waals surface area contributed by atoms with Crippen LogP contribution in [-0.2, 0) is 9.47 Å². The number of hydrogen-bond donors (Lipinski definition) is 0. The molecule has 1 saturated heterocycles. The highest BCUT2D eigenvalue weighted by Crippen LogP contribution is 2.23. The molecule has 0 amide bonds. The van der Waals surface area contributed by atoms with Gasteiger partial charge in [0.25, 0.3) is 0 Å². The lowest BCUT2D eigenvalue weighted by molar-refractivity contribution is -0.241. The second-order valence-corrected chi connectivity index (χ2v) is 4.27. The van der Waals surface area contributed by atoms with Gasteiger partial charge in [-0.1, -0.05) is 26.7 Å². The van der Waals surface area contributed by atoms with Crippen LogP contribution in [-0.4, -0.2) is 18.5 Å². The standard InChI is InChI=1S/C12H24O2/c1-4-6-7-8-12-13-10(3)9-11(5-2)14-12/h10-12H,4-9H2,1-3H3. The van der Waals surface area contributed by atoms with Crippen LogP contribution in [0.2, 0.25) is 0 Å². The number of unbranched alkanes of at least 4 members (excludes halogenated alkanes) is 2. The van der Waals surface area contributed by atoms with Crippen LogP contribution in [0.1, 0.15) is 59.3 Å². The fourth-order valence-corrected chi connectivity index (χ4v) is 1.95. The van der Waals surface area contributed by atoms with Gasteiger partial charge >= 0.3 is 0 Å². The molecule has 0 aromatic rings. The van der Waals surface area contributed by atoms with E-state index >= 15 is 0 Å². The Labute approximate surface area is 88.0 Å². The van der Waals surface area contributed by atoms with E-state index in [0.29, 0.717) is 12.2 Å². The second kappa shape index (κ2) is 6.41. The van der Waals surface area contributed by atoms with E-state index in [9.17, 15) is 0 Å². The van der Waals surface area contributed by atoms with E-state index in [4.69, 9.17) is 9.47 Å². The molecule has 0 aromatic heterocycles. The third-order valence-corrected chi connectivity index (χ3v) is 2.82. The molecule has 3 atom stereocenters. The highest BCUT2D eigenvalue weighted by molar-refractivity contribution is 4.68. The Morgan fingerprint density at radius 1 is 1.14 bits per heavy atom. The van der Waals surface area contributed by atoms with Crippen molar-refractivity contribution in [1.29, 1.82) is 0 Å². The first-order valence-corrected chi connectivity index (χ1v) is 6.07. The summed E-state index contributed by atoms with van der Waals surface area (Å²) in [5, 5.41) is 0. The van der Waals surface area contributed by atoms with Crippen LogP contribution < -0.4 is 0 Å². The van der Waals surface area contributed by atoms with Crippen molar-refractivity contribution >= 4 is 0 Å². The molecule has 0 aromatic carbocycles. The second-order valence-electron chi connectivity index (χ2n) is 4.27. The van der Waals surface area contributed by atoms with E-state index in [0.717, 1.165) is 19.3 Å². The van der Waals surface area contributed by atoms with Gasteiger partial charge in [-0.15, -0.1) is 0 Å². The molecule has 2 heteroatoms. The monoisotopic (exact) mass is 200 g/mol. The summed E-state index contributed by atoms with van der Waals surface area (Å²) in [5.74, 6) is 0. The van der Waals surface area contributed by atoms with Crippen molar-refractivity contribution in [2.75, 3.05) is 0 Å². The molecule has 0 bridgehead atoms. The van der Waals surface area contributed by atoms with Crippen molar-refractivity contribution in [1.82, 2.24) is 0 Å². The Bertz CT molecular complexity index is 147. The van der Waals surface area contributed by atoms with E-state index in [1.54, 1.807) is 0 Å². The summed E-state index contributed by atoms with van der Waals surface area (Å²) in [6.07, 6.45) is 7.87. The molecule has 1 fully saturated rings. The van der Waals surface area contributed by atoms with Crippen molar-refractivity contribution < 1.29 is 9.47 Å². The zero-order valence-electron chi connectivity index (χ0n) is 9.79. The summed E-state index contributed by atoms with van der Waals surface area (Å²) in [4.78, 5) is 0. The summed E-state index contributed by atoms with van der Waals surface area (Å²) in [7, 11) is 0. The van der Waals surface area contributed by atoms with Crippen LogP contribution >= 0.6 is 0 Å². The van der Waals surface area contributed by atoms with Gasteiger partial charge in [0.1, 0.15) is 0 Å². The van der Waals surface area contributed by atoms with E-state index in [2.05, 4.69) is 20.8 Å². The van der Waals surface area contributed by atoms with Gasteiger partial charge in [-0.25, -0.2) is 0 Å². The molecule has 1 aliphatic rings. The zero-order valence-corrected chi connectivity index (χ0v) is 9.79. The van der Waals surface area contributed by atoms with E-state index in [1.165, 1.54) is 19.3 Å². The molecule has 1 heterocycles. The molecular formula is C12H24O2. The summed E-state index contributed by atoms with van der Waals surface area (Å²) in [6.45, 7) is 6.56. The predicted molar refractivity (Wildman–Crippen MR) is 58.3 cm³/mol. The van der Waals surface area contributed by atoms with Gasteiger partial charge in [-0.2, -0.15) is 0 Å². The lowest BCUT2D eigenvalue weighted by Gasteiger charge is -2.34. The van der Waals surface area contributed by atoms with Gasteiger partial charge in [0, 0.05) is 0 Å². The fraction of sp³-hybridized carbons (Fsp3) is 1.00. The SMILES string of the molecule is CCCCCC1OC(C)CC(CC)O1. The first kappa shape index (κ1) is 12.0. The normalized spacial score (nSPS) is 33.2. The smallest absolute Gasteiger partial charge is 0.158 e. The van der Waals surface area contributed by atoms with Crippen LogP contribution in [0.25, 0.3) is 0 Å². The molecule has 1 aliphatic heterocycles. The Balaban J connectivity index is 2.23. The van der Waals surface area contributed by atoms with E-state index in [-0.39, 0.29) is 6.29 Å². The molecular weight excluding hydrogens is 176 g/mol. The maximum Gasteiger partial charge on any atom is 0.158 e. The highest BCUT2D eigenvalue weighted by Gasteiger charge is 2.25. The maximum absolute atomic E-state index is 5.83. The minimum Gasteiger partial charge on any atom is -0.350 e. The van der Waals surface area contributed by atoms with Crippen LogP contribution in [0.4, 0.5) is 0 Å². The molecule has 0 saturated carbocycles. The van der Waals surface area contributed by atoms with Gasteiger partial charge in [0.2, 0.25) is 0 Å². The van der Waals surface area contributed by atoms with Gasteiger partial charge in [-0.05, 0) is 32.6 Å². The summed E-state index contributed by atoms with van der Waals surface area (Å²) in [5.41, 5.74) is 0. The van der Waals surface area contributed by atoms with Gasteiger partial charge in [0.15, 0.2) is 6.29 Å². The molecule has 0 aliphatic carbocycles. The molecule has 0 N–H and O–H groups in total. The third kappa shape index (κ3) is 3.97. The number of hydrogen-bond acceptors (Lipinski definition) is 2. The minimum atomic E-state index is 0.0650. The molecule has 14 heavy (non-hydrogen) atoms. The van der Waals surface area contributed by atoms with Crippen LogP contribution in [0.3, 0.4) is 0 Å². The lowest BCUT2D eigenvalue weighted by Crippen LogP contribution is -2.36. The molecule has 1 rings (SSSR count). The van der Waals surface area contributed by atoms with Crippen molar-refractivity contribution in [3.8, 4) is 0 Å². The largest absolute Gasteiger partial charge is 0.350 e. The average molecular weight is 200 g/mol. The van der Waals surface area contributed by atoms with E-state index in [1.807, 2.05) is 0 Å². The van der Waals surface area contributed by atoms with Gasteiger partial charge in [-0.3, -0.25) is 0 Å².